The van der Waals surface area contributed by atoms with Gasteiger partial charge in [-0.3, -0.25) is 4.79 Å². The molecule has 0 N–H and O–H groups in total. The van der Waals surface area contributed by atoms with Crippen LogP contribution in [0.4, 0.5) is 0 Å². The first-order chi connectivity index (χ1) is 16.5. The SMILES string of the molecule is CCCCc1c(C(=O)N(C)Cc2cccc3c(Br)c(OCC#N)ccc23)c2ccccc2n1C. The quantitative estimate of drug-likeness (QED) is 0.264. The first kappa shape index (κ1) is 23.8. The zero-order valence-electron chi connectivity index (χ0n) is 19.8. The van der Waals surface area contributed by atoms with Gasteiger partial charge in [-0.05, 0) is 57.2 Å². The molecule has 0 radical (unpaired) electrons. The van der Waals surface area contributed by atoms with Gasteiger partial charge in [0.05, 0.1) is 10.0 Å². The molecule has 0 aliphatic rings. The van der Waals surface area contributed by atoms with E-state index in [0.29, 0.717) is 12.3 Å². The van der Waals surface area contributed by atoms with E-state index in [1.807, 2.05) is 55.6 Å². The van der Waals surface area contributed by atoms with Crippen LogP contribution in [-0.2, 0) is 20.0 Å². The minimum Gasteiger partial charge on any atom is -0.478 e. The summed E-state index contributed by atoms with van der Waals surface area (Å²) in [5, 5.41) is 11.9. The van der Waals surface area contributed by atoms with Crippen molar-refractivity contribution in [3.63, 3.8) is 0 Å². The molecule has 0 saturated carbocycles. The van der Waals surface area contributed by atoms with Crippen molar-refractivity contribution in [3.05, 3.63) is 75.9 Å². The Morgan fingerprint density at radius 2 is 1.85 bits per heavy atom. The fourth-order valence-corrected chi connectivity index (χ4v) is 5.16. The van der Waals surface area contributed by atoms with E-state index in [-0.39, 0.29) is 12.5 Å². The van der Waals surface area contributed by atoms with Gasteiger partial charge >= 0.3 is 0 Å². The van der Waals surface area contributed by atoms with Crippen LogP contribution in [0.3, 0.4) is 0 Å². The summed E-state index contributed by atoms with van der Waals surface area (Å²) < 4.78 is 8.51. The molecule has 5 nitrogen and oxygen atoms in total. The third-order valence-corrected chi connectivity index (χ3v) is 7.12. The van der Waals surface area contributed by atoms with Crippen molar-refractivity contribution in [2.45, 2.75) is 32.7 Å². The fraction of sp³-hybridized carbons (Fsp3) is 0.286. The minimum absolute atomic E-state index is 0.00751. The lowest BCUT2D eigenvalue weighted by molar-refractivity contribution is 0.0786. The molecule has 0 unspecified atom stereocenters. The Bertz CT molecular complexity index is 1400. The van der Waals surface area contributed by atoms with Gasteiger partial charge in [-0.25, -0.2) is 0 Å². The molecule has 4 rings (SSSR count). The van der Waals surface area contributed by atoms with Gasteiger partial charge in [-0.2, -0.15) is 5.26 Å². The van der Waals surface area contributed by atoms with Gasteiger partial charge in [0, 0.05) is 37.2 Å². The summed E-state index contributed by atoms with van der Waals surface area (Å²) in [6, 6.07) is 20.0. The van der Waals surface area contributed by atoms with Gasteiger partial charge in [0.15, 0.2) is 6.61 Å². The van der Waals surface area contributed by atoms with Crippen molar-refractivity contribution < 1.29 is 9.53 Å². The lowest BCUT2D eigenvalue weighted by atomic mass is 10.0. The van der Waals surface area contributed by atoms with Crippen LogP contribution in [0.15, 0.2) is 59.1 Å². The van der Waals surface area contributed by atoms with E-state index >= 15 is 0 Å². The molecule has 174 valence electrons. The van der Waals surface area contributed by atoms with Gasteiger partial charge in [-0.1, -0.05) is 55.8 Å². The Balaban J connectivity index is 1.69. The number of nitrogens with zero attached hydrogens (tertiary/aromatic N) is 3. The first-order valence-corrected chi connectivity index (χ1v) is 12.3. The molecule has 0 aliphatic carbocycles. The fourth-order valence-electron chi connectivity index (χ4n) is 4.57. The summed E-state index contributed by atoms with van der Waals surface area (Å²) in [5.41, 5.74) is 4.04. The summed E-state index contributed by atoms with van der Waals surface area (Å²) in [4.78, 5) is 15.6. The zero-order valence-corrected chi connectivity index (χ0v) is 21.4. The number of ether oxygens (including phenoxy) is 1. The third-order valence-electron chi connectivity index (χ3n) is 6.31. The summed E-state index contributed by atoms with van der Waals surface area (Å²) >= 11 is 3.62. The molecule has 3 aromatic carbocycles. The highest BCUT2D eigenvalue weighted by molar-refractivity contribution is 9.10. The number of amides is 1. The Morgan fingerprint density at radius 3 is 2.62 bits per heavy atom. The van der Waals surface area contributed by atoms with E-state index in [1.165, 1.54) is 0 Å². The summed E-state index contributed by atoms with van der Waals surface area (Å²) in [7, 11) is 3.92. The van der Waals surface area contributed by atoms with E-state index in [0.717, 1.165) is 62.2 Å². The summed E-state index contributed by atoms with van der Waals surface area (Å²) in [5.74, 6) is 0.667. The average molecular weight is 518 g/mol. The molecule has 1 amide bonds. The molecule has 0 aliphatic heterocycles. The van der Waals surface area contributed by atoms with Gasteiger partial charge in [-0.15, -0.1) is 0 Å². The van der Waals surface area contributed by atoms with Crippen molar-refractivity contribution in [3.8, 4) is 11.8 Å². The smallest absolute Gasteiger partial charge is 0.256 e. The van der Waals surface area contributed by atoms with E-state index in [4.69, 9.17) is 10.00 Å². The Hall–Kier alpha value is -3.30. The number of rotatable bonds is 8. The number of aryl methyl sites for hydroxylation is 1. The Kier molecular flexibility index (Phi) is 7.23. The standard InChI is InChI=1S/C28H28BrN3O2/c1-4-5-12-24-26(22-10-6-7-13-23(22)32(24)3)28(33)31(2)18-19-9-8-11-21-20(19)14-15-25(27(21)29)34-17-16-30/h6-11,13-15H,4-5,12,17-18H2,1-3H3. The average Bonchev–Trinajstić information content (AvgIpc) is 3.13. The molecular weight excluding hydrogens is 490 g/mol. The molecule has 0 fully saturated rings. The Morgan fingerprint density at radius 1 is 1.09 bits per heavy atom. The number of unbranched alkanes of at least 4 members (excludes halogenated alkanes) is 1. The predicted octanol–water partition coefficient (Wildman–Crippen LogP) is 6.61. The monoisotopic (exact) mass is 517 g/mol. The van der Waals surface area contributed by atoms with Crippen LogP contribution >= 0.6 is 15.9 Å². The maximum Gasteiger partial charge on any atom is 0.256 e. The topological polar surface area (TPSA) is 58.3 Å². The highest BCUT2D eigenvalue weighted by atomic mass is 79.9. The number of nitriles is 1. The maximum absolute atomic E-state index is 13.8. The third kappa shape index (κ3) is 4.41. The molecule has 34 heavy (non-hydrogen) atoms. The zero-order chi connectivity index (χ0) is 24.2. The largest absolute Gasteiger partial charge is 0.478 e. The Labute approximate surface area is 208 Å². The highest BCUT2D eigenvalue weighted by Crippen LogP contribution is 2.35. The van der Waals surface area contributed by atoms with Crippen LogP contribution in [0.5, 0.6) is 5.75 Å². The molecule has 4 aromatic rings. The molecule has 1 aromatic heterocycles. The van der Waals surface area contributed by atoms with Gasteiger partial charge in [0.25, 0.3) is 5.91 Å². The van der Waals surface area contributed by atoms with Gasteiger partial charge < -0.3 is 14.2 Å². The highest BCUT2D eigenvalue weighted by Gasteiger charge is 2.24. The number of para-hydroxylation sites is 1. The summed E-state index contributed by atoms with van der Waals surface area (Å²) in [6.45, 7) is 2.65. The van der Waals surface area contributed by atoms with Crippen LogP contribution < -0.4 is 4.74 Å². The van der Waals surface area contributed by atoms with E-state index in [9.17, 15) is 4.79 Å². The minimum atomic E-state index is -0.00751. The molecule has 0 bridgehead atoms. The number of fused-ring (bicyclic) bond motifs is 2. The van der Waals surface area contributed by atoms with E-state index in [2.05, 4.69) is 46.6 Å². The van der Waals surface area contributed by atoms with Crippen LogP contribution in [0, 0.1) is 11.3 Å². The summed E-state index contributed by atoms with van der Waals surface area (Å²) in [6.07, 6.45) is 3.00. The second kappa shape index (κ2) is 10.3. The number of hydrogen-bond acceptors (Lipinski definition) is 3. The lowest BCUT2D eigenvalue weighted by Gasteiger charge is -2.20. The molecule has 0 atom stereocenters. The van der Waals surface area contributed by atoms with Gasteiger partial charge in [0.2, 0.25) is 0 Å². The van der Waals surface area contributed by atoms with Crippen molar-refractivity contribution in [2.24, 2.45) is 7.05 Å². The number of benzene rings is 3. The molecular formula is C28H28BrN3O2. The predicted molar refractivity (Wildman–Crippen MR) is 140 cm³/mol. The van der Waals surface area contributed by atoms with Crippen LogP contribution in [0.2, 0.25) is 0 Å². The normalized spacial score (nSPS) is 11.0. The maximum atomic E-state index is 13.8. The number of hydrogen-bond donors (Lipinski definition) is 0. The number of carbonyl (C=O) groups is 1. The van der Waals surface area contributed by atoms with Crippen LogP contribution in [0.1, 0.15) is 41.4 Å². The molecule has 0 saturated heterocycles. The number of aromatic nitrogens is 1. The number of halogens is 1. The van der Waals surface area contributed by atoms with Crippen molar-refractivity contribution in [2.75, 3.05) is 13.7 Å². The van der Waals surface area contributed by atoms with E-state index < -0.39 is 0 Å². The van der Waals surface area contributed by atoms with Crippen molar-refractivity contribution in [1.82, 2.24) is 9.47 Å². The van der Waals surface area contributed by atoms with Crippen LogP contribution in [-0.4, -0.2) is 29.0 Å². The molecule has 0 spiro atoms. The molecule has 1 heterocycles. The molecule has 6 heteroatoms. The number of carbonyl (C=O) groups excluding carboxylic acids is 1. The van der Waals surface area contributed by atoms with E-state index in [1.54, 1.807) is 4.90 Å². The van der Waals surface area contributed by atoms with Crippen molar-refractivity contribution >= 4 is 43.5 Å². The van der Waals surface area contributed by atoms with Gasteiger partial charge in [0.1, 0.15) is 11.8 Å². The first-order valence-electron chi connectivity index (χ1n) is 11.5. The second-order valence-electron chi connectivity index (χ2n) is 8.50. The second-order valence-corrected chi connectivity index (χ2v) is 9.29. The lowest BCUT2D eigenvalue weighted by Crippen LogP contribution is -2.27. The van der Waals surface area contributed by atoms with Crippen LogP contribution in [0.25, 0.3) is 21.7 Å². The van der Waals surface area contributed by atoms with Crippen molar-refractivity contribution in [1.29, 1.82) is 5.26 Å².